The Bertz CT molecular complexity index is 895. The molecule has 176 valence electrons. The fourth-order valence-electron chi connectivity index (χ4n) is 8.18. The van der Waals surface area contributed by atoms with Gasteiger partial charge >= 0.3 is 0 Å². The van der Waals surface area contributed by atoms with Crippen LogP contribution in [0.4, 0.5) is 0 Å². The molecule has 4 aliphatic carbocycles. The number of carbonyl (C=O) groups excluding carboxylic acids is 2. The molecule has 5 aliphatic rings. The molecule has 3 N–H and O–H groups in total. The van der Waals surface area contributed by atoms with Crippen molar-refractivity contribution in [3.63, 3.8) is 0 Å². The van der Waals surface area contributed by atoms with Crippen molar-refractivity contribution in [2.45, 2.75) is 83.1 Å². The summed E-state index contributed by atoms with van der Waals surface area (Å²) in [6, 6.07) is 0. The Kier molecular flexibility index (Phi) is 5.12. The first kappa shape index (κ1) is 22.4. The number of ether oxygens (including phenoxy) is 2. The highest BCUT2D eigenvalue weighted by atomic mass is 16.7. The fourth-order valence-corrected chi connectivity index (χ4v) is 8.18. The number of fused-ring (bicyclic) bond motifs is 7. The van der Waals surface area contributed by atoms with E-state index in [9.17, 15) is 24.9 Å². The van der Waals surface area contributed by atoms with Gasteiger partial charge in [0.05, 0.1) is 18.3 Å². The summed E-state index contributed by atoms with van der Waals surface area (Å²) in [6.45, 7) is 5.37. The van der Waals surface area contributed by atoms with E-state index in [1.165, 1.54) is 12.2 Å². The van der Waals surface area contributed by atoms with Gasteiger partial charge in [0.1, 0.15) is 6.61 Å². The Morgan fingerprint density at radius 1 is 1.25 bits per heavy atom. The van der Waals surface area contributed by atoms with Crippen LogP contribution in [-0.4, -0.2) is 63.7 Å². The minimum Gasteiger partial charge on any atom is -0.393 e. The van der Waals surface area contributed by atoms with Gasteiger partial charge in [0.2, 0.25) is 0 Å². The summed E-state index contributed by atoms with van der Waals surface area (Å²) >= 11 is 0. The van der Waals surface area contributed by atoms with E-state index >= 15 is 0 Å². The van der Waals surface area contributed by atoms with Gasteiger partial charge in [-0.1, -0.05) is 33.3 Å². The lowest BCUT2D eigenvalue weighted by Gasteiger charge is -2.60. The van der Waals surface area contributed by atoms with Crippen molar-refractivity contribution in [3.05, 3.63) is 23.8 Å². The predicted molar refractivity (Wildman–Crippen MR) is 114 cm³/mol. The van der Waals surface area contributed by atoms with Crippen molar-refractivity contribution < 1.29 is 34.4 Å². The summed E-state index contributed by atoms with van der Waals surface area (Å²) in [5.74, 6) is -0.825. The van der Waals surface area contributed by atoms with Crippen LogP contribution in [0.1, 0.15) is 52.9 Å². The number of carbonyl (C=O) groups is 2. The largest absolute Gasteiger partial charge is 0.393 e. The van der Waals surface area contributed by atoms with Gasteiger partial charge in [0, 0.05) is 16.7 Å². The molecule has 1 saturated heterocycles. The quantitative estimate of drug-likeness (QED) is 0.602. The molecule has 1 aliphatic heterocycles. The molecule has 32 heavy (non-hydrogen) atoms. The Labute approximate surface area is 188 Å². The van der Waals surface area contributed by atoms with E-state index in [1.54, 1.807) is 0 Å². The first-order chi connectivity index (χ1) is 15.1. The number of hydrogen-bond acceptors (Lipinski definition) is 7. The number of aliphatic hydroxyl groups excluding tert-OH is 3. The molecule has 4 fully saturated rings. The first-order valence-corrected chi connectivity index (χ1v) is 11.9. The van der Waals surface area contributed by atoms with Crippen LogP contribution < -0.4 is 0 Å². The lowest BCUT2D eigenvalue weighted by Crippen LogP contribution is -2.64. The van der Waals surface area contributed by atoms with E-state index in [1.807, 2.05) is 26.8 Å². The molecule has 2 unspecified atom stereocenters. The third-order valence-corrected chi connectivity index (χ3v) is 9.39. The Morgan fingerprint density at radius 2 is 2.00 bits per heavy atom. The smallest absolute Gasteiger partial charge is 0.193 e. The van der Waals surface area contributed by atoms with E-state index in [2.05, 4.69) is 0 Å². The first-order valence-electron chi connectivity index (χ1n) is 11.9. The van der Waals surface area contributed by atoms with Crippen LogP contribution in [0, 0.1) is 28.6 Å². The Morgan fingerprint density at radius 3 is 2.69 bits per heavy atom. The van der Waals surface area contributed by atoms with Crippen LogP contribution >= 0.6 is 0 Å². The number of aliphatic hydroxyl groups is 3. The molecule has 0 aromatic heterocycles. The molecule has 7 heteroatoms. The average molecular weight is 447 g/mol. The van der Waals surface area contributed by atoms with Crippen LogP contribution in [0.5, 0.6) is 0 Å². The molecule has 0 spiro atoms. The molecule has 3 saturated carbocycles. The highest BCUT2D eigenvalue weighted by Crippen LogP contribution is 2.69. The van der Waals surface area contributed by atoms with Gasteiger partial charge in [0.25, 0.3) is 0 Å². The molecule has 0 aromatic rings. The maximum absolute atomic E-state index is 13.2. The van der Waals surface area contributed by atoms with Gasteiger partial charge in [-0.05, 0) is 55.2 Å². The summed E-state index contributed by atoms with van der Waals surface area (Å²) in [6.07, 6.45) is 5.21. The number of ketones is 2. The van der Waals surface area contributed by atoms with Crippen LogP contribution in [0.15, 0.2) is 23.8 Å². The maximum atomic E-state index is 13.2. The molecule has 0 bridgehead atoms. The summed E-state index contributed by atoms with van der Waals surface area (Å²) in [7, 11) is 0. The van der Waals surface area contributed by atoms with Crippen LogP contribution in [0.25, 0.3) is 0 Å². The molecule has 0 amide bonds. The monoisotopic (exact) mass is 446 g/mol. The third kappa shape index (κ3) is 2.66. The van der Waals surface area contributed by atoms with E-state index < -0.39 is 47.6 Å². The van der Waals surface area contributed by atoms with Gasteiger partial charge in [-0.2, -0.15) is 0 Å². The number of hydrogen-bond donors (Lipinski definition) is 3. The van der Waals surface area contributed by atoms with Gasteiger partial charge in [-0.15, -0.1) is 0 Å². The molecule has 10 atom stereocenters. The third-order valence-electron chi connectivity index (χ3n) is 9.39. The standard InChI is InChI=1S/C25H34O7/c1-4-5-21-31-20-10-15-14-9-17(28)16-8-13(27)6-7-23(16,2)22(14)18(29)11-24(15,3)25(20,32-21)19(30)12-26/h6-8,14-15,17-18,20-22,26,28-29H,4-5,9-12H2,1-3H3/t14-,15-,17?,18-,20+,21?,22+,23-,24-,25+/m0/s1. The number of Topliss-reactive ketones (excluding diaryl/α,β-unsaturated/α-hetero) is 1. The number of allylic oxidation sites excluding steroid dienone is 3. The second-order valence-corrected chi connectivity index (χ2v) is 10.9. The molecule has 1 heterocycles. The van der Waals surface area contributed by atoms with Crippen molar-refractivity contribution in [3.8, 4) is 0 Å². The van der Waals surface area contributed by atoms with Crippen molar-refractivity contribution in [1.29, 1.82) is 0 Å². The van der Waals surface area contributed by atoms with E-state index in [4.69, 9.17) is 9.47 Å². The van der Waals surface area contributed by atoms with Crippen molar-refractivity contribution in [1.82, 2.24) is 0 Å². The van der Waals surface area contributed by atoms with Crippen molar-refractivity contribution in [2.75, 3.05) is 6.61 Å². The minimum atomic E-state index is -1.29. The molecular weight excluding hydrogens is 412 g/mol. The summed E-state index contributed by atoms with van der Waals surface area (Å²) in [4.78, 5) is 25.3. The van der Waals surface area contributed by atoms with Gasteiger partial charge < -0.3 is 24.8 Å². The molecule has 0 aromatic carbocycles. The normalized spacial score (nSPS) is 51.5. The van der Waals surface area contributed by atoms with E-state index in [0.29, 0.717) is 31.3 Å². The zero-order chi connectivity index (χ0) is 23.1. The summed E-state index contributed by atoms with van der Waals surface area (Å²) in [5, 5.41) is 32.5. The zero-order valence-electron chi connectivity index (χ0n) is 19.0. The van der Waals surface area contributed by atoms with Crippen LogP contribution in [0.3, 0.4) is 0 Å². The van der Waals surface area contributed by atoms with Crippen LogP contribution in [0.2, 0.25) is 0 Å². The second kappa shape index (κ2) is 7.31. The molecule has 5 rings (SSSR count). The molecule has 7 nitrogen and oxygen atoms in total. The average Bonchev–Trinajstić information content (AvgIpc) is 3.21. The zero-order valence-corrected chi connectivity index (χ0v) is 19.0. The fraction of sp³-hybridized carbons (Fsp3) is 0.760. The van der Waals surface area contributed by atoms with Crippen molar-refractivity contribution in [2.24, 2.45) is 28.6 Å². The highest BCUT2D eigenvalue weighted by Gasteiger charge is 2.76. The van der Waals surface area contributed by atoms with Gasteiger partial charge in [0.15, 0.2) is 23.5 Å². The topological polar surface area (TPSA) is 113 Å². The minimum absolute atomic E-state index is 0.0296. The second-order valence-electron chi connectivity index (χ2n) is 10.9. The Hall–Kier alpha value is -1.38. The van der Waals surface area contributed by atoms with Gasteiger partial charge in [-0.3, -0.25) is 9.59 Å². The highest BCUT2D eigenvalue weighted by molar-refractivity contribution is 6.01. The van der Waals surface area contributed by atoms with E-state index in [0.717, 1.165) is 6.42 Å². The molecular formula is C25H34O7. The predicted octanol–water partition coefficient (Wildman–Crippen LogP) is 1.69. The maximum Gasteiger partial charge on any atom is 0.193 e. The lowest BCUT2D eigenvalue weighted by atomic mass is 9.45. The SMILES string of the molecule is CCCC1O[C@@H]2C[C@H]3[C@@H]4CC(O)C5=CC(=O)C=C[C@]5(C)[C@H]4[C@@H](O)C[C@]3(C)[C@]2(C(=O)CO)O1. The van der Waals surface area contributed by atoms with Crippen LogP contribution in [-0.2, 0) is 19.1 Å². The number of rotatable bonds is 4. The Balaban J connectivity index is 1.58. The summed E-state index contributed by atoms with van der Waals surface area (Å²) < 4.78 is 12.6. The lowest BCUT2D eigenvalue weighted by molar-refractivity contribution is -0.203. The van der Waals surface area contributed by atoms with Gasteiger partial charge in [-0.25, -0.2) is 0 Å². The summed E-state index contributed by atoms with van der Waals surface area (Å²) in [5.41, 5.74) is -1.98. The molecule has 0 radical (unpaired) electrons. The van der Waals surface area contributed by atoms with E-state index in [-0.39, 0.29) is 29.3 Å². The van der Waals surface area contributed by atoms with Crippen molar-refractivity contribution >= 4 is 11.6 Å².